The highest BCUT2D eigenvalue weighted by molar-refractivity contribution is 5.95. The molecule has 0 aliphatic heterocycles. The number of hydrogen-bond acceptors (Lipinski definition) is 4. The highest BCUT2D eigenvalue weighted by Gasteiger charge is 2.14. The van der Waals surface area contributed by atoms with E-state index in [1.165, 1.54) is 0 Å². The minimum atomic E-state index is -0.135. The van der Waals surface area contributed by atoms with Gasteiger partial charge in [-0.2, -0.15) is 0 Å². The van der Waals surface area contributed by atoms with Crippen LogP contribution in [0.5, 0.6) is 0 Å². The van der Waals surface area contributed by atoms with Crippen molar-refractivity contribution in [3.63, 3.8) is 0 Å². The number of nitrogens with one attached hydrogen (secondary N) is 1. The van der Waals surface area contributed by atoms with Crippen LogP contribution in [0.15, 0.2) is 53.2 Å². The van der Waals surface area contributed by atoms with E-state index in [1.54, 1.807) is 18.3 Å². The maximum Gasteiger partial charge on any atom is 0.251 e. The Morgan fingerprint density at radius 1 is 1.17 bits per heavy atom. The van der Waals surface area contributed by atoms with Crippen LogP contribution >= 0.6 is 0 Å². The van der Waals surface area contributed by atoms with E-state index in [0.29, 0.717) is 23.6 Å². The normalized spacial score (nSPS) is 10.5. The molecule has 1 amide bonds. The molecule has 1 aromatic carbocycles. The maximum absolute atomic E-state index is 12.3. The summed E-state index contributed by atoms with van der Waals surface area (Å²) in [5.74, 6) is 0.557. The van der Waals surface area contributed by atoms with E-state index in [4.69, 9.17) is 4.52 Å². The van der Waals surface area contributed by atoms with E-state index >= 15 is 0 Å². The third-order valence-corrected chi connectivity index (χ3v) is 3.61. The van der Waals surface area contributed by atoms with Crippen molar-refractivity contribution in [2.24, 2.45) is 0 Å². The second-order valence-corrected chi connectivity index (χ2v) is 5.30. The molecule has 0 atom stereocenters. The quantitative estimate of drug-likeness (QED) is 0.803. The lowest BCUT2D eigenvalue weighted by atomic mass is 10.1. The number of amides is 1. The van der Waals surface area contributed by atoms with Crippen molar-refractivity contribution >= 4 is 5.91 Å². The van der Waals surface area contributed by atoms with E-state index in [1.807, 2.05) is 44.2 Å². The zero-order chi connectivity index (χ0) is 16.2. The highest BCUT2D eigenvalue weighted by atomic mass is 16.5. The standard InChI is InChI=1S/C18H17N3O2/c1-12-17(13(2)23-21-12)16-10-15(8-9-19-16)18(22)20-11-14-6-4-3-5-7-14/h3-10H,11H2,1-2H3,(H,20,22). The van der Waals surface area contributed by atoms with Crippen molar-refractivity contribution in [3.05, 3.63) is 71.2 Å². The van der Waals surface area contributed by atoms with Crippen molar-refractivity contribution < 1.29 is 9.32 Å². The van der Waals surface area contributed by atoms with E-state index in [2.05, 4.69) is 15.5 Å². The smallest absolute Gasteiger partial charge is 0.251 e. The number of hydrogen-bond donors (Lipinski definition) is 1. The number of benzene rings is 1. The summed E-state index contributed by atoms with van der Waals surface area (Å²) in [6.07, 6.45) is 1.62. The number of carbonyl (C=O) groups is 1. The molecule has 0 aliphatic rings. The van der Waals surface area contributed by atoms with Crippen LogP contribution in [0.25, 0.3) is 11.3 Å². The molecule has 5 nitrogen and oxygen atoms in total. The van der Waals surface area contributed by atoms with Gasteiger partial charge in [0.2, 0.25) is 0 Å². The van der Waals surface area contributed by atoms with E-state index < -0.39 is 0 Å². The third-order valence-electron chi connectivity index (χ3n) is 3.61. The Morgan fingerprint density at radius 3 is 2.65 bits per heavy atom. The predicted octanol–water partition coefficient (Wildman–Crippen LogP) is 3.28. The summed E-state index contributed by atoms with van der Waals surface area (Å²) in [4.78, 5) is 16.7. The molecule has 0 unspecified atom stereocenters. The summed E-state index contributed by atoms with van der Waals surface area (Å²) >= 11 is 0. The van der Waals surface area contributed by atoms with Gasteiger partial charge in [-0.25, -0.2) is 0 Å². The summed E-state index contributed by atoms with van der Waals surface area (Å²) in [6.45, 7) is 4.18. The number of pyridine rings is 1. The first-order chi connectivity index (χ1) is 11.1. The SMILES string of the molecule is Cc1noc(C)c1-c1cc(C(=O)NCc2ccccc2)ccn1. The fourth-order valence-electron chi connectivity index (χ4n) is 2.44. The molecular formula is C18H17N3O2. The lowest BCUT2D eigenvalue weighted by molar-refractivity contribution is 0.0951. The first-order valence-electron chi connectivity index (χ1n) is 7.36. The van der Waals surface area contributed by atoms with Gasteiger partial charge >= 0.3 is 0 Å². The topological polar surface area (TPSA) is 68.0 Å². The summed E-state index contributed by atoms with van der Waals surface area (Å²) in [6, 6.07) is 13.2. The van der Waals surface area contributed by atoms with Crippen LogP contribution in [-0.2, 0) is 6.54 Å². The first-order valence-corrected chi connectivity index (χ1v) is 7.36. The van der Waals surface area contributed by atoms with Gasteiger partial charge in [0.05, 0.1) is 17.0 Å². The highest BCUT2D eigenvalue weighted by Crippen LogP contribution is 2.25. The summed E-state index contributed by atoms with van der Waals surface area (Å²) in [5, 5.41) is 6.84. The molecule has 0 saturated heterocycles. The second-order valence-electron chi connectivity index (χ2n) is 5.30. The van der Waals surface area contributed by atoms with Crippen LogP contribution in [0.2, 0.25) is 0 Å². The van der Waals surface area contributed by atoms with Crippen LogP contribution in [0.1, 0.15) is 27.4 Å². The lowest BCUT2D eigenvalue weighted by Crippen LogP contribution is -2.22. The Hall–Kier alpha value is -2.95. The van der Waals surface area contributed by atoms with Crippen molar-refractivity contribution in [2.45, 2.75) is 20.4 Å². The van der Waals surface area contributed by atoms with Crippen LogP contribution in [0.3, 0.4) is 0 Å². The van der Waals surface area contributed by atoms with Gasteiger partial charge < -0.3 is 9.84 Å². The third kappa shape index (κ3) is 3.29. The molecule has 0 aliphatic carbocycles. The lowest BCUT2D eigenvalue weighted by Gasteiger charge is -2.07. The van der Waals surface area contributed by atoms with Gasteiger partial charge in [0.25, 0.3) is 5.91 Å². The fraction of sp³-hybridized carbons (Fsp3) is 0.167. The van der Waals surface area contributed by atoms with Gasteiger partial charge in [0.15, 0.2) is 0 Å². The molecule has 3 aromatic rings. The molecule has 2 heterocycles. The van der Waals surface area contributed by atoms with Crippen molar-refractivity contribution in [3.8, 4) is 11.3 Å². The Morgan fingerprint density at radius 2 is 1.96 bits per heavy atom. The van der Waals surface area contributed by atoms with Gasteiger partial charge in [-0.15, -0.1) is 0 Å². The predicted molar refractivity (Wildman–Crippen MR) is 86.8 cm³/mol. The molecule has 0 saturated carbocycles. The summed E-state index contributed by atoms with van der Waals surface area (Å²) in [7, 11) is 0. The van der Waals surface area contributed by atoms with Crippen molar-refractivity contribution in [1.29, 1.82) is 0 Å². The molecule has 1 N–H and O–H groups in total. The Bertz CT molecular complexity index is 806. The van der Waals surface area contributed by atoms with E-state index in [9.17, 15) is 4.79 Å². The van der Waals surface area contributed by atoms with Gasteiger partial charge in [0, 0.05) is 18.3 Å². The van der Waals surface area contributed by atoms with Crippen LogP contribution < -0.4 is 5.32 Å². The van der Waals surface area contributed by atoms with Gasteiger partial charge in [-0.1, -0.05) is 35.5 Å². The second kappa shape index (κ2) is 6.44. The Kier molecular flexibility index (Phi) is 4.19. The van der Waals surface area contributed by atoms with Gasteiger partial charge in [-0.05, 0) is 31.5 Å². The average Bonchev–Trinajstić information content (AvgIpc) is 2.92. The van der Waals surface area contributed by atoms with E-state index in [-0.39, 0.29) is 5.91 Å². The molecule has 116 valence electrons. The molecule has 2 aromatic heterocycles. The van der Waals surface area contributed by atoms with Gasteiger partial charge in [-0.3, -0.25) is 9.78 Å². The molecular weight excluding hydrogens is 290 g/mol. The summed E-state index contributed by atoms with van der Waals surface area (Å²) in [5.41, 5.74) is 3.90. The fourth-order valence-corrected chi connectivity index (χ4v) is 2.44. The van der Waals surface area contributed by atoms with Crippen LogP contribution in [0, 0.1) is 13.8 Å². The van der Waals surface area contributed by atoms with Crippen molar-refractivity contribution in [1.82, 2.24) is 15.5 Å². The maximum atomic E-state index is 12.3. The zero-order valence-corrected chi connectivity index (χ0v) is 13.0. The molecule has 5 heteroatoms. The van der Waals surface area contributed by atoms with E-state index in [0.717, 1.165) is 16.8 Å². The average molecular weight is 307 g/mol. The minimum Gasteiger partial charge on any atom is -0.361 e. The Labute approximate surface area is 134 Å². The van der Waals surface area contributed by atoms with Crippen molar-refractivity contribution in [2.75, 3.05) is 0 Å². The molecule has 23 heavy (non-hydrogen) atoms. The molecule has 3 rings (SSSR count). The van der Waals surface area contributed by atoms with Gasteiger partial charge in [0.1, 0.15) is 5.76 Å². The molecule has 0 radical (unpaired) electrons. The van der Waals surface area contributed by atoms with Crippen LogP contribution in [0.4, 0.5) is 0 Å². The molecule has 0 spiro atoms. The number of aryl methyl sites for hydroxylation is 2. The molecule has 0 bridgehead atoms. The number of nitrogens with zero attached hydrogens (tertiary/aromatic N) is 2. The Balaban J connectivity index is 1.78. The van der Waals surface area contributed by atoms with Crippen LogP contribution in [-0.4, -0.2) is 16.0 Å². The number of aromatic nitrogens is 2. The minimum absolute atomic E-state index is 0.135. The summed E-state index contributed by atoms with van der Waals surface area (Å²) < 4.78 is 5.16. The zero-order valence-electron chi connectivity index (χ0n) is 13.0. The molecule has 0 fully saturated rings. The number of carbonyl (C=O) groups excluding carboxylic acids is 1. The first kappa shape index (κ1) is 15.0. The number of rotatable bonds is 4. The monoisotopic (exact) mass is 307 g/mol. The largest absolute Gasteiger partial charge is 0.361 e.